The molecule has 2 aromatic rings. The highest BCUT2D eigenvalue weighted by atomic mass is 32.2. The first-order valence-electron chi connectivity index (χ1n) is 7.39. The molecule has 1 N–H and O–H groups in total. The Bertz CT molecular complexity index is 579. The molecule has 1 atom stereocenters. The zero-order valence-corrected chi connectivity index (χ0v) is 14.1. The second kappa shape index (κ2) is 7.61. The summed E-state index contributed by atoms with van der Waals surface area (Å²) in [5.41, 5.74) is 4.04. The molecule has 1 aromatic carbocycles. The second-order valence-electron chi connectivity index (χ2n) is 5.34. The van der Waals surface area contributed by atoms with Crippen molar-refractivity contribution in [2.75, 3.05) is 12.3 Å². The molecule has 0 aliphatic carbocycles. The third kappa shape index (κ3) is 4.32. The lowest BCUT2D eigenvalue weighted by Gasteiger charge is -2.21. The second-order valence-corrected chi connectivity index (χ2v) is 6.33. The largest absolute Gasteiger partial charge is 0.309 e. The molecule has 0 aliphatic heterocycles. The van der Waals surface area contributed by atoms with Crippen molar-refractivity contribution in [3.63, 3.8) is 0 Å². The van der Waals surface area contributed by atoms with Crippen molar-refractivity contribution in [1.82, 2.24) is 20.1 Å². The van der Waals surface area contributed by atoms with Crippen molar-refractivity contribution in [3.05, 3.63) is 41.2 Å². The Kier molecular flexibility index (Phi) is 5.82. The number of rotatable bonds is 7. The zero-order valence-electron chi connectivity index (χ0n) is 13.3. The summed E-state index contributed by atoms with van der Waals surface area (Å²) in [5.74, 6) is 0.955. The van der Waals surface area contributed by atoms with Crippen molar-refractivity contribution in [2.24, 2.45) is 7.05 Å². The van der Waals surface area contributed by atoms with Crippen LogP contribution in [0.3, 0.4) is 0 Å². The molecule has 2 rings (SSSR count). The van der Waals surface area contributed by atoms with Crippen LogP contribution < -0.4 is 5.32 Å². The van der Waals surface area contributed by atoms with Gasteiger partial charge in [0.05, 0.1) is 0 Å². The summed E-state index contributed by atoms with van der Waals surface area (Å²) in [6, 6.07) is 7.01. The van der Waals surface area contributed by atoms with Gasteiger partial charge in [-0.1, -0.05) is 42.4 Å². The zero-order chi connectivity index (χ0) is 15.2. The van der Waals surface area contributed by atoms with E-state index in [2.05, 4.69) is 54.4 Å². The Hall–Kier alpha value is -1.33. The maximum absolute atomic E-state index is 4.29. The fourth-order valence-corrected chi connectivity index (χ4v) is 3.26. The standard InChI is InChI=1S/C16H24N4S/c1-5-8-17-15(10-21-16-18-11-19-20(16)4)14-9-12(2)6-7-13(14)3/h6-7,9,11,15,17H,5,8,10H2,1-4H3. The maximum atomic E-state index is 4.29. The average Bonchev–Trinajstić information content (AvgIpc) is 2.87. The third-order valence-corrected chi connectivity index (χ3v) is 4.63. The van der Waals surface area contributed by atoms with E-state index in [1.807, 2.05) is 11.7 Å². The van der Waals surface area contributed by atoms with Crippen LogP contribution in [0.25, 0.3) is 0 Å². The van der Waals surface area contributed by atoms with Gasteiger partial charge in [-0.05, 0) is 37.9 Å². The first kappa shape index (κ1) is 16.0. The molecule has 4 nitrogen and oxygen atoms in total. The molecule has 0 bridgehead atoms. The summed E-state index contributed by atoms with van der Waals surface area (Å²) in [6.45, 7) is 7.55. The summed E-state index contributed by atoms with van der Waals surface area (Å²) in [6.07, 6.45) is 2.74. The molecule has 0 fully saturated rings. The minimum absolute atomic E-state index is 0.339. The number of thioether (sulfide) groups is 1. The van der Waals surface area contributed by atoms with Crippen LogP contribution in [0.4, 0.5) is 0 Å². The van der Waals surface area contributed by atoms with Crippen molar-refractivity contribution < 1.29 is 0 Å². The third-order valence-electron chi connectivity index (χ3n) is 3.50. The molecule has 0 saturated carbocycles. The van der Waals surface area contributed by atoms with Gasteiger partial charge in [0.2, 0.25) is 0 Å². The van der Waals surface area contributed by atoms with E-state index < -0.39 is 0 Å². The SMILES string of the molecule is CCCNC(CSc1ncnn1C)c1cc(C)ccc1C. The molecular formula is C16H24N4S. The normalized spacial score (nSPS) is 12.6. The fourth-order valence-electron chi connectivity index (χ4n) is 2.29. The highest BCUT2D eigenvalue weighted by molar-refractivity contribution is 7.99. The Labute approximate surface area is 131 Å². The van der Waals surface area contributed by atoms with E-state index in [1.165, 1.54) is 16.7 Å². The van der Waals surface area contributed by atoms with Crippen LogP contribution in [0, 0.1) is 13.8 Å². The van der Waals surface area contributed by atoms with Crippen molar-refractivity contribution in [3.8, 4) is 0 Å². The molecule has 1 aromatic heterocycles. The Balaban J connectivity index is 2.13. The van der Waals surface area contributed by atoms with Gasteiger partial charge in [0, 0.05) is 18.8 Å². The van der Waals surface area contributed by atoms with Gasteiger partial charge in [-0.15, -0.1) is 0 Å². The van der Waals surface area contributed by atoms with Crippen molar-refractivity contribution in [2.45, 2.75) is 38.4 Å². The van der Waals surface area contributed by atoms with E-state index in [-0.39, 0.29) is 0 Å². The van der Waals surface area contributed by atoms with Gasteiger partial charge < -0.3 is 5.32 Å². The number of benzene rings is 1. The van der Waals surface area contributed by atoms with Crippen LogP contribution >= 0.6 is 11.8 Å². The Morgan fingerprint density at radius 1 is 1.33 bits per heavy atom. The van der Waals surface area contributed by atoms with Crippen LogP contribution in [0.5, 0.6) is 0 Å². The minimum Gasteiger partial charge on any atom is -0.309 e. The molecule has 0 radical (unpaired) electrons. The van der Waals surface area contributed by atoms with E-state index in [0.717, 1.165) is 23.9 Å². The highest BCUT2D eigenvalue weighted by Crippen LogP contribution is 2.26. The van der Waals surface area contributed by atoms with Crippen LogP contribution in [0.2, 0.25) is 0 Å². The van der Waals surface area contributed by atoms with Crippen molar-refractivity contribution >= 4 is 11.8 Å². The van der Waals surface area contributed by atoms with Crippen LogP contribution in [-0.2, 0) is 7.05 Å². The van der Waals surface area contributed by atoms with E-state index >= 15 is 0 Å². The number of hydrogen-bond donors (Lipinski definition) is 1. The lowest BCUT2D eigenvalue weighted by molar-refractivity contribution is 0.573. The molecule has 21 heavy (non-hydrogen) atoms. The van der Waals surface area contributed by atoms with Crippen molar-refractivity contribution in [1.29, 1.82) is 0 Å². The Morgan fingerprint density at radius 3 is 2.81 bits per heavy atom. The maximum Gasteiger partial charge on any atom is 0.185 e. The quantitative estimate of drug-likeness (QED) is 0.797. The van der Waals surface area contributed by atoms with Gasteiger partial charge in [-0.25, -0.2) is 9.67 Å². The Morgan fingerprint density at radius 2 is 2.14 bits per heavy atom. The molecule has 114 valence electrons. The van der Waals surface area contributed by atoms with Gasteiger partial charge in [0.25, 0.3) is 0 Å². The number of aromatic nitrogens is 3. The summed E-state index contributed by atoms with van der Waals surface area (Å²) in [5, 5.41) is 8.74. The van der Waals surface area contributed by atoms with Crippen LogP contribution in [0.15, 0.2) is 29.7 Å². The lowest BCUT2D eigenvalue weighted by atomic mass is 10.00. The topological polar surface area (TPSA) is 42.7 Å². The summed E-state index contributed by atoms with van der Waals surface area (Å²) in [4.78, 5) is 4.29. The van der Waals surface area contributed by atoms with Gasteiger partial charge in [-0.3, -0.25) is 0 Å². The predicted molar refractivity (Wildman–Crippen MR) is 88.7 cm³/mol. The molecule has 0 aliphatic rings. The molecule has 1 heterocycles. The van der Waals surface area contributed by atoms with E-state index in [4.69, 9.17) is 0 Å². The summed E-state index contributed by atoms with van der Waals surface area (Å²) < 4.78 is 1.82. The molecule has 1 unspecified atom stereocenters. The van der Waals surface area contributed by atoms with Gasteiger partial charge in [0.15, 0.2) is 5.16 Å². The van der Waals surface area contributed by atoms with Crippen LogP contribution in [0.1, 0.15) is 36.1 Å². The first-order valence-corrected chi connectivity index (χ1v) is 8.37. The molecular weight excluding hydrogens is 280 g/mol. The minimum atomic E-state index is 0.339. The number of aryl methyl sites for hydroxylation is 3. The highest BCUT2D eigenvalue weighted by Gasteiger charge is 2.15. The van der Waals surface area contributed by atoms with E-state index in [1.54, 1.807) is 18.1 Å². The number of nitrogens with zero attached hydrogens (tertiary/aromatic N) is 3. The molecule has 0 spiro atoms. The fraction of sp³-hybridized carbons (Fsp3) is 0.500. The van der Waals surface area contributed by atoms with Crippen LogP contribution in [-0.4, -0.2) is 27.1 Å². The summed E-state index contributed by atoms with van der Waals surface area (Å²) in [7, 11) is 1.93. The summed E-state index contributed by atoms with van der Waals surface area (Å²) >= 11 is 1.75. The van der Waals surface area contributed by atoms with E-state index in [9.17, 15) is 0 Å². The lowest BCUT2D eigenvalue weighted by Crippen LogP contribution is -2.25. The number of hydrogen-bond acceptors (Lipinski definition) is 4. The smallest absolute Gasteiger partial charge is 0.185 e. The predicted octanol–water partition coefficient (Wildman–Crippen LogP) is 3.26. The molecule has 0 saturated heterocycles. The van der Waals surface area contributed by atoms with E-state index in [0.29, 0.717) is 6.04 Å². The molecule has 0 amide bonds. The molecule has 5 heteroatoms. The van der Waals surface area contributed by atoms with Gasteiger partial charge in [-0.2, -0.15) is 5.10 Å². The number of nitrogens with one attached hydrogen (secondary N) is 1. The first-order chi connectivity index (χ1) is 10.1. The van der Waals surface area contributed by atoms with Gasteiger partial charge in [0.1, 0.15) is 6.33 Å². The monoisotopic (exact) mass is 304 g/mol. The van der Waals surface area contributed by atoms with Gasteiger partial charge >= 0.3 is 0 Å². The average molecular weight is 304 g/mol.